The second-order valence-electron chi connectivity index (χ2n) is 4.46. The molecule has 0 atom stereocenters. The second kappa shape index (κ2) is 4.26. The Hall–Kier alpha value is -2.16. The molecular weight excluding hydrogens is 228 g/mol. The highest BCUT2D eigenvalue weighted by molar-refractivity contribution is 5.82. The SMILES string of the molecule is Cc1c(C)c(O)c(-c2ccccc2O)c(C)c1O. The van der Waals surface area contributed by atoms with Gasteiger partial charge in [0, 0.05) is 16.7 Å². The lowest BCUT2D eigenvalue weighted by atomic mass is 9.92. The van der Waals surface area contributed by atoms with E-state index >= 15 is 0 Å². The third kappa shape index (κ3) is 1.68. The van der Waals surface area contributed by atoms with Gasteiger partial charge in [-0.15, -0.1) is 0 Å². The number of hydrogen-bond donors (Lipinski definition) is 3. The average Bonchev–Trinajstić information content (AvgIpc) is 2.36. The predicted octanol–water partition coefficient (Wildman–Crippen LogP) is 3.40. The van der Waals surface area contributed by atoms with E-state index in [0.717, 1.165) is 0 Å². The minimum absolute atomic E-state index is 0.0820. The summed E-state index contributed by atoms with van der Waals surface area (Å²) in [6, 6.07) is 6.76. The first-order chi connectivity index (χ1) is 8.45. The molecule has 0 bridgehead atoms. The maximum absolute atomic E-state index is 10.2. The first-order valence-electron chi connectivity index (χ1n) is 5.75. The van der Waals surface area contributed by atoms with Gasteiger partial charge in [0.1, 0.15) is 17.2 Å². The molecular formula is C15H16O3. The van der Waals surface area contributed by atoms with E-state index in [4.69, 9.17) is 0 Å². The van der Waals surface area contributed by atoms with E-state index in [1.807, 2.05) is 0 Å². The van der Waals surface area contributed by atoms with Gasteiger partial charge >= 0.3 is 0 Å². The largest absolute Gasteiger partial charge is 0.507 e. The second-order valence-corrected chi connectivity index (χ2v) is 4.46. The minimum atomic E-state index is 0.0820. The zero-order valence-electron chi connectivity index (χ0n) is 10.7. The maximum Gasteiger partial charge on any atom is 0.127 e. The van der Waals surface area contributed by atoms with Crippen molar-refractivity contribution in [2.75, 3.05) is 0 Å². The fourth-order valence-corrected chi connectivity index (χ4v) is 2.13. The van der Waals surface area contributed by atoms with Gasteiger partial charge in [0.2, 0.25) is 0 Å². The van der Waals surface area contributed by atoms with Crippen molar-refractivity contribution in [1.82, 2.24) is 0 Å². The maximum atomic E-state index is 10.2. The van der Waals surface area contributed by atoms with Crippen LogP contribution in [0.4, 0.5) is 0 Å². The number of phenolic OH excluding ortho intramolecular Hbond substituents is 3. The third-order valence-electron chi connectivity index (χ3n) is 3.41. The minimum Gasteiger partial charge on any atom is -0.507 e. The molecule has 3 nitrogen and oxygen atoms in total. The number of rotatable bonds is 1. The highest BCUT2D eigenvalue weighted by atomic mass is 16.3. The lowest BCUT2D eigenvalue weighted by Crippen LogP contribution is -1.93. The molecule has 0 aromatic heterocycles. The molecule has 3 N–H and O–H groups in total. The zero-order valence-corrected chi connectivity index (χ0v) is 10.7. The van der Waals surface area contributed by atoms with Gasteiger partial charge in [-0.1, -0.05) is 18.2 Å². The lowest BCUT2D eigenvalue weighted by molar-refractivity contribution is 0.449. The van der Waals surface area contributed by atoms with E-state index in [0.29, 0.717) is 27.8 Å². The summed E-state index contributed by atoms with van der Waals surface area (Å²) in [6.07, 6.45) is 0. The highest BCUT2D eigenvalue weighted by Gasteiger charge is 2.19. The van der Waals surface area contributed by atoms with Crippen LogP contribution in [0.1, 0.15) is 16.7 Å². The Kier molecular flexibility index (Phi) is 2.91. The lowest BCUT2D eigenvalue weighted by Gasteiger charge is -2.16. The molecule has 0 radical (unpaired) electrons. The molecule has 0 saturated heterocycles. The van der Waals surface area contributed by atoms with Crippen molar-refractivity contribution in [3.05, 3.63) is 41.0 Å². The molecule has 0 aliphatic carbocycles. The van der Waals surface area contributed by atoms with Crippen LogP contribution in [0.3, 0.4) is 0 Å². The molecule has 0 amide bonds. The molecule has 0 aliphatic rings. The van der Waals surface area contributed by atoms with E-state index in [1.165, 1.54) is 0 Å². The van der Waals surface area contributed by atoms with Crippen LogP contribution in [0, 0.1) is 20.8 Å². The van der Waals surface area contributed by atoms with Gasteiger partial charge in [-0.3, -0.25) is 0 Å². The van der Waals surface area contributed by atoms with Crippen molar-refractivity contribution in [3.63, 3.8) is 0 Å². The van der Waals surface area contributed by atoms with Gasteiger partial charge in [0.25, 0.3) is 0 Å². The summed E-state index contributed by atoms with van der Waals surface area (Å²) in [5.41, 5.74) is 2.84. The third-order valence-corrected chi connectivity index (χ3v) is 3.41. The number of para-hydroxylation sites is 1. The van der Waals surface area contributed by atoms with E-state index in [2.05, 4.69) is 0 Å². The van der Waals surface area contributed by atoms with E-state index in [-0.39, 0.29) is 17.2 Å². The van der Waals surface area contributed by atoms with Gasteiger partial charge in [-0.25, -0.2) is 0 Å². The summed E-state index contributed by atoms with van der Waals surface area (Å²) in [4.78, 5) is 0. The summed E-state index contributed by atoms with van der Waals surface area (Å²) in [6.45, 7) is 5.22. The Labute approximate surface area is 106 Å². The van der Waals surface area contributed by atoms with Crippen molar-refractivity contribution < 1.29 is 15.3 Å². The summed E-state index contributed by atoms with van der Waals surface area (Å²) in [7, 11) is 0. The van der Waals surface area contributed by atoms with Gasteiger partial charge < -0.3 is 15.3 Å². The van der Waals surface area contributed by atoms with Crippen LogP contribution >= 0.6 is 0 Å². The summed E-state index contributed by atoms with van der Waals surface area (Å²) in [5.74, 6) is 0.339. The van der Waals surface area contributed by atoms with Gasteiger partial charge in [-0.05, 0) is 38.0 Å². The standard InChI is InChI=1S/C15H16O3/c1-8-9(2)15(18)13(10(3)14(8)17)11-6-4-5-7-12(11)16/h4-7,16-18H,1-3H3. The topological polar surface area (TPSA) is 60.7 Å². The first kappa shape index (κ1) is 12.3. The average molecular weight is 244 g/mol. The van der Waals surface area contributed by atoms with E-state index < -0.39 is 0 Å². The Balaban J connectivity index is 2.85. The van der Waals surface area contributed by atoms with Crippen LogP contribution in [0.25, 0.3) is 11.1 Å². The van der Waals surface area contributed by atoms with Crippen molar-refractivity contribution in [3.8, 4) is 28.4 Å². The van der Waals surface area contributed by atoms with Crippen LogP contribution in [-0.2, 0) is 0 Å². The molecule has 0 saturated carbocycles. The molecule has 18 heavy (non-hydrogen) atoms. The predicted molar refractivity (Wildman–Crippen MR) is 71.1 cm³/mol. The van der Waals surface area contributed by atoms with Gasteiger partial charge in [0.05, 0.1) is 0 Å². The highest BCUT2D eigenvalue weighted by Crippen LogP contribution is 2.44. The number of hydrogen-bond acceptors (Lipinski definition) is 3. The number of phenols is 3. The quantitative estimate of drug-likeness (QED) is 0.674. The fourth-order valence-electron chi connectivity index (χ4n) is 2.13. The normalized spacial score (nSPS) is 10.6. The Morgan fingerprint density at radius 2 is 1.28 bits per heavy atom. The molecule has 2 rings (SSSR count). The molecule has 0 fully saturated rings. The monoisotopic (exact) mass is 244 g/mol. The van der Waals surface area contributed by atoms with Gasteiger partial charge in [-0.2, -0.15) is 0 Å². The van der Waals surface area contributed by atoms with Crippen molar-refractivity contribution in [2.24, 2.45) is 0 Å². The first-order valence-corrected chi connectivity index (χ1v) is 5.75. The van der Waals surface area contributed by atoms with E-state index in [9.17, 15) is 15.3 Å². The molecule has 0 aliphatic heterocycles. The van der Waals surface area contributed by atoms with E-state index in [1.54, 1.807) is 45.0 Å². The van der Waals surface area contributed by atoms with Crippen molar-refractivity contribution in [1.29, 1.82) is 0 Å². The molecule has 0 unspecified atom stereocenters. The Morgan fingerprint density at radius 3 is 1.89 bits per heavy atom. The number of aromatic hydroxyl groups is 3. The van der Waals surface area contributed by atoms with Crippen LogP contribution in [0.15, 0.2) is 24.3 Å². The summed E-state index contributed by atoms with van der Waals surface area (Å²) >= 11 is 0. The van der Waals surface area contributed by atoms with Gasteiger partial charge in [0.15, 0.2) is 0 Å². The molecule has 2 aromatic rings. The van der Waals surface area contributed by atoms with Crippen LogP contribution in [0.5, 0.6) is 17.2 Å². The molecule has 0 heterocycles. The van der Waals surface area contributed by atoms with Crippen molar-refractivity contribution in [2.45, 2.75) is 20.8 Å². The smallest absolute Gasteiger partial charge is 0.127 e. The van der Waals surface area contributed by atoms with Crippen LogP contribution in [-0.4, -0.2) is 15.3 Å². The molecule has 0 spiro atoms. The van der Waals surface area contributed by atoms with Crippen molar-refractivity contribution >= 4 is 0 Å². The Morgan fingerprint density at radius 1 is 0.722 bits per heavy atom. The molecule has 2 aromatic carbocycles. The summed E-state index contributed by atoms with van der Waals surface area (Å²) < 4.78 is 0. The summed E-state index contributed by atoms with van der Waals surface area (Å²) in [5, 5.41) is 30.2. The fraction of sp³-hybridized carbons (Fsp3) is 0.200. The van der Waals surface area contributed by atoms with Crippen LogP contribution in [0.2, 0.25) is 0 Å². The number of benzene rings is 2. The molecule has 94 valence electrons. The van der Waals surface area contributed by atoms with Crippen LogP contribution < -0.4 is 0 Å². The molecule has 3 heteroatoms. The Bertz CT molecular complexity index is 586. The zero-order chi connectivity index (χ0) is 13.4.